The molecule has 42 heavy (non-hydrogen) atoms. The Labute approximate surface area is 249 Å². The van der Waals surface area contributed by atoms with E-state index >= 15 is 0 Å². The van der Waals surface area contributed by atoms with E-state index < -0.39 is 17.7 Å². The Balaban J connectivity index is 1.18. The van der Waals surface area contributed by atoms with Crippen LogP contribution in [0.25, 0.3) is 0 Å². The second kappa shape index (κ2) is 10.2. The molecule has 2 aliphatic heterocycles. The van der Waals surface area contributed by atoms with Gasteiger partial charge in [0, 0.05) is 21.7 Å². The first-order valence-electron chi connectivity index (χ1n) is 13.7. The van der Waals surface area contributed by atoms with Gasteiger partial charge in [-0.1, -0.05) is 17.4 Å². The molecule has 0 spiro atoms. The van der Waals surface area contributed by atoms with Gasteiger partial charge in [-0.05, 0) is 66.1 Å². The highest BCUT2D eigenvalue weighted by Gasteiger charge is 2.69. The zero-order chi connectivity index (χ0) is 29.3. The number of carbonyl (C=O) groups is 3. The van der Waals surface area contributed by atoms with Crippen molar-refractivity contribution in [3.05, 3.63) is 62.6 Å². The maximum Gasteiger partial charge on any atom is 0.305 e. The van der Waals surface area contributed by atoms with Crippen LogP contribution in [0.15, 0.2) is 52.3 Å². The van der Waals surface area contributed by atoms with Crippen LogP contribution < -0.4 is 24.4 Å². The second-order valence-corrected chi connectivity index (χ2v) is 13.3. The van der Waals surface area contributed by atoms with Gasteiger partial charge in [0.25, 0.3) is 0 Å². The number of aromatic amines is 1. The fourth-order valence-electron chi connectivity index (χ4n) is 7.67. The van der Waals surface area contributed by atoms with E-state index in [1.54, 1.807) is 57.4 Å². The van der Waals surface area contributed by atoms with Crippen molar-refractivity contribution in [2.75, 3.05) is 33.2 Å². The molecule has 1 saturated heterocycles. The Morgan fingerprint density at radius 3 is 2.36 bits per heavy atom. The van der Waals surface area contributed by atoms with Gasteiger partial charge in [0.1, 0.15) is 12.3 Å². The number of amides is 3. The molecular weight excluding hydrogens is 578 g/mol. The lowest BCUT2D eigenvalue weighted by Crippen LogP contribution is -2.42. The van der Waals surface area contributed by atoms with Gasteiger partial charge in [-0.25, -0.2) is 0 Å². The van der Waals surface area contributed by atoms with Crippen molar-refractivity contribution in [1.82, 2.24) is 9.88 Å². The molecule has 1 aromatic heterocycles. The van der Waals surface area contributed by atoms with Crippen molar-refractivity contribution in [2.45, 2.75) is 22.6 Å². The van der Waals surface area contributed by atoms with Crippen LogP contribution in [0.3, 0.4) is 0 Å². The van der Waals surface area contributed by atoms with Crippen molar-refractivity contribution >= 4 is 46.5 Å². The molecule has 3 heterocycles. The minimum Gasteiger partial charge on any atom is -0.497 e. The van der Waals surface area contributed by atoms with Gasteiger partial charge >= 0.3 is 4.87 Å². The number of thiazole rings is 1. The molecule has 0 radical (unpaired) electrons. The predicted octanol–water partition coefficient (Wildman–Crippen LogP) is 3.57. The topological polar surface area (TPSA) is 127 Å². The number of hydrogen-bond donors (Lipinski definition) is 2. The van der Waals surface area contributed by atoms with E-state index in [4.69, 9.17) is 14.2 Å². The molecule has 3 amide bonds. The van der Waals surface area contributed by atoms with E-state index in [9.17, 15) is 19.2 Å². The highest BCUT2D eigenvalue weighted by Crippen LogP contribution is 2.68. The van der Waals surface area contributed by atoms with E-state index in [0.29, 0.717) is 22.9 Å². The molecule has 2 aliphatic carbocycles. The molecule has 12 heteroatoms. The number of H-pyrrole nitrogens is 1. The number of ether oxygens (including phenoxy) is 3. The third-order valence-corrected chi connectivity index (χ3v) is 11.8. The fourth-order valence-corrected chi connectivity index (χ4v) is 10.6. The molecule has 10 nitrogen and oxygen atoms in total. The first kappa shape index (κ1) is 27.1. The van der Waals surface area contributed by atoms with Crippen LogP contribution in [-0.4, -0.2) is 60.7 Å². The van der Waals surface area contributed by atoms with Gasteiger partial charge in [-0.15, -0.1) is 11.8 Å². The largest absolute Gasteiger partial charge is 0.497 e. The Morgan fingerprint density at radius 1 is 0.952 bits per heavy atom. The van der Waals surface area contributed by atoms with Crippen LogP contribution >= 0.6 is 23.1 Å². The normalized spacial score (nSPS) is 28.7. The first-order valence-corrected chi connectivity index (χ1v) is 15.4. The number of thioether (sulfide) groups is 1. The summed E-state index contributed by atoms with van der Waals surface area (Å²) < 4.78 is 16.2. The third kappa shape index (κ3) is 4.06. The van der Waals surface area contributed by atoms with Gasteiger partial charge in [0.05, 0.1) is 38.2 Å². The molecular formula is C30H29N3O7S2. The summed E-state index contributed by atoms with van der Waals surface area (Å²) in [5.74, 6) is -0.208. The number of anilines is 1. The SMILES string of the molecule is COc1ccc(NC(=O)CN2C(=O)C3C4CC(C3C2=O)C2C4Sc3[nH]c(=O)sc3[C@@H]2c2ccc(OC)c(OC)c2)cc1. The number of nitrogens with one attached hydrogen (secondary N) is 2. The molecule has 2 saturated carbocycles. The Morgan fingerprint density at radius 2 is 1.67 bits per heavy atom. The van der Waals surface area contributed by atoms with Crippen LogP contribution in [-0.2, 0) is 14.4 Å². The van der Waals surface area contributed by atoms with E-state index in [1.165, 1.54) is 11.3 Å². The van der Waals surface area contributed by atoms with Crippen molar-refractivity contribution in [1.29, 1.82) is 0 Å². The van der Waals surface area contributed by atoms with E-state index in [-0.39, 0.29) is 52.2 Å². The van der Waals surface area contributed by atoms with Crippen LogP contribution in [0.4, 0.5) is 5.69 Å². The summed E-state index contributed by atoms with van der Waals surface area (Å²) >= 11 is 2.83. The molecule has 2 N–H and O–H groups in total. The molecule has 3 aromatic rings. The quantitative estimate of drug-likeness (QED) is 0.391. The average molecular weight is 608 g/mol. The third-order valence-electron chi connectivity index (χ3n) is 9.26. The zero-order valence-corrected chi connectivity index (χ0v) is 24.8. The lowest BCUT2D eigenvalue weighted by molar-refractivity contribution is -0.143. The molecule has 2 aromatic carbocycles. The van der Waals surface area contributed by atoms with Gasteiger partial charge in [0.15, 0.2) is 11.5 Å². The fraction of sp³-hybridized carbons (Fsp3) is 0.400. The Bertz CT molecular complexity index is 1650. The summed E-state index contributed by atoms with van der Waals surface area (Å²) in [6.45, 7) is -0.321. The minimum atomic E-state index is -0.474. The number of carbonyl (C=O) groups excluding carboxylic acids is 3. The second-order valence-electron chi connectivity index (χ2n) is 11.1. The summed E-state index contributed by atoms with van der Waals surface area (Å²) in [6.07, 6.45) is 0.768. The molecule has 7 atom stereocenters. The molecule has 3 fully saturated rings. The summed E-state index contributed by atoms with van der Waals surface area (Å²) in [6, 6.07) is 12.7. The van der Waals surface area contributed by atoms with Crippen molar-refractivity contribution < 1.29 is 28.6 Å². The number of hydrogen-bond acceptors (Lipinski definition) is 9. The highest BCUT2D eigenvalue weighted by molar-refractivity contribution is 8.00. The number of aromatic nitrogens is 1. The monoisotopic (exact) mass is 607 g/mol. The lowest BCUT2D eigenvalue weighted by atomic mass is 9.68. The molecule has 2 bridgehead atoms. The summed E-state index contributed by atoms with van der Waals surface area (Å²) in [7, 11) is 4.74. The van der Waals surface area contributed by atoms with E-state index in [1.807, 2.05) is 18.2 Å². The van der Waals surface area contributed by atoms with Gasteiger partial charge in [0.2, 0.25) is 17.7 Å². The average Bonchev–Trinajstić information content (AvgIpc) is 3.73. The van der Waals surface area contributed by atoms with Gasteiger partial charge < -0.3 is 24.5 Å². The minimum absolute atomic E-state index is 0.0275. The van der Waals surface area contributed by atoms with Crippen molar-refractivity contribution in [3.8, 4) is 17.2 Å². The van der Waals surface area contributed by atoms with Crippen molar-refractivity contribution in [2.24, 2.45) is 29.6 Å². The number of nitrogens with zero attached hydrogens (tertiary/aromatic N) is 1. The zero-order valence-electron chi connectivity index (χ0n) is 23.1. The molecule has 7 rings (SSSR count). The van der Waals surface area contributed by atoms with E-state index in [0.717, 1.165) is 26.8 Å². The Kier molecular flexibility index (Phi) is 6.58. The maximum atomic E-state index is 13.8. The van der Waals surface area contributed by atoms with Gasteiger partial charge in [-0.2, -0.15) is 0 Å². The number of benzene rings is 2. The molecule has 6 unspecified atom stereocenters. The number of likely N-dealkylation sites (tertiary alicyclic amines) is 1. The van der Waals surface area contributed by atoms with Crippen LogP contribution in [0, 0.1) is 29.6 Å². The van der Waals surface area contributed by atoms with Crippen LogP contribution in [0.1, 0.15) is 22.8 Å². The summed E-state index contributed by atoms with van der Waals surface area (Å²) in [5, 5.41) is 3.67. The van der Waals surface area contributed by atoms with Gasteiger partial charge in [-0.3, -0.25) is 24.1 Å². The van der Waals surface area contributed by atoms with Crippen molar-refractivity contribution in [3.63, 3.8) is 0 Å². The Hall–Kier alpha value is -3.77. The van der Waals surface area contributed by atoms with E-state index in [2.05, 4.69) is 10.3 Å². The van der Waals surface area contributed by atoms with Crippen LogP contribution in [0.5, 0.6) is 17.2 Å². The number of imide groups is 1. The predicted molar refractivity (Wildman–Crippen MR) is 156 cm³/mol. The maximum absolute atomic E-state index is 13.8. The standard InChI is InChI=1S/C30H29N3O7S2/c1-38-15-7-5-14(6-8-15)31-20(34)12-33-28(35)23-16-11-17(24(23)29(33)36)25-22(16)21(26-27(41-25)32-30(37)42-26)13-4-9-18(39-2)19(10-13)40-3/h4-10,16-17,21-25H,11-12H2,1-3H3,(H,31,34)(H,32,37)/t16?,17?,21-,22?,23?,24?,25?/m1/s1. The lowest BCUT2D eigenvalue weighted by Gasteiger charge is -2.43. The summed E-state index contributed by atoms with van der Waals surface area (Å²) in [5.41, 5.74) is 1.54. The van der Waals surface area contributed by atoms with Crippen LogP contribution in [0.2, 0.25) is 0 Å². The molecule has 218 valence electrons. The summed E-state index contributed by atoms with van der Waals surface area (Å²) in [4.78, 5) is 57.9. The highest BCUT2D eigenvalue weighted by atomic mass is 32.2. The number of methoxy groups -OCH3 is 3. The first-order chi connectivity index (χ1) is 20.3. The smallest absolute Gasteiger partial charge is 0.305 e. The number of fused-ring (bicyclic) bond motifs is 9. The number of rotatable bonds is 7. The molecule has 4 aliphatic rings.